The Morgan fingerprint density at radius 3 is 2.56 bits per heavy atom. The van der Waals surface area contributed by atoms with Crippen molar-refractivity contribution in [2.45, 2.75) is 11.7 Å². The predicted octanol–water partition coefficient (Wildman–Crippen LogP) is 5.04. The van der Waals surface area contributed by atoms with Gasteiger partial charge in [0.05, 0.1) is 4.75 Å². The summed E-state index contributed by atoms with van der Waals surface area (Å²) in [6.07, 6.45) is 11.0. The number of rotatable bonds is 2. The first-order valence-corrected chi connectivity index (χ1v) is 8.53. The number of allylic oxidation sites excluding steroid dienone is 4. The predicted molar refractivity (Wildman–Crippen MR) is 82.7 cm³/mol. The zero-order valence-corrected chi connectivity index (χ0v) is 12.0. The van der Waals surface area contributed by atoms with Crippen molar-refractivity contribution in [1.82, 2.24) is 0 Å². The maximum Gasteiger partial charge on any atom is 0.0597 e. The molecule has 0 fully saturated rings. The summed E-state index contributed by atoms with van der Waals surface area (Å²) in [6.45, 7) is 2.22. The van der Waals surface area contributed by atoms with E-state index < -0.39 is 0 Å². The molecule has 1 atom stereocenters. The summed E-state index contributed by atoms with van der Waals surface area (Å²) in [6, 6.07) is 10.5. The third kappa shape index (κ3) is 2.80. The highest BCUT2D eigenvalue weighted by Crippen LogP contribution is 2.36. The number of hydrogen-bond acceptors (Lipinski definition) is 1. The minimum absolute atomic E-state index is 0.105. The lowest BCUT2D eigenvalue weighted by molar-refractivity contribution is 1.02. The number of hydrogen-bond donors (Lipinski definition) is 0. The van der Waals surface area contributed by atoms with Crippen LogP contribution < -0.4 is 0 Å². The molecule has 0 saturated heterocycles. The van der Waals surface area contributed by atoms with Gasteiger partial charge in [-0.25, -0.2) is 0 Å². The summed E-state index contributed by atoms with van der Waals surface area (Å²) in [5.74, 6) is 0. The molecule has 0 amide bonds. The van der Waals surface area contributed by atoms with E-state index in [1.54, 1.807) is 0 Å². The summed E-state index contributed by atoms with van der Waals surface area (Å²) in [5.41, 5.74) is 2.54. The van der Waals surface area contributed by atoms with Crippen LogP contribution in [-0.4, -0.2) is 4.75 Å². The van der Waals surface area contributed by atoms with E-state index >= 15 is 0 Å². The van der Waals surface area contributed by atoms with Crippen molar-refractivity contribution in [3.8, 4) is 0 Å². The smallest absolute Gasteiger partial charge is 0.0597 e. The molecule has 1 aliphatic rings. The van der Waals surface area contributed by atoms with Crippen molar-refractivity contribution in [3.63, 3.8) is 0 Å². The highest BCUT2D eigenvalue weighted by molar-refractivity contribution is 14.2. The molecule has 0 saturated carbocycles. The van der Waals surface area contributed by atoms with Crippen LogP contribution in [0.1, 0.15) is 12.5 Å². The van der Waals surface area contributed by atoms with Crippen molar-refractivity contribution in [2.75, 3.05) is 0 Å². The van der Waals surface area contributed by atoms with Gasteiger partial charge >= 0.3 is 0 Å². The minimum atomic E-state index is 0.105. The van der Waals surface area contributed by atoms with Crippen molar-refractivity contribution < 1.29 is 0 Å². The molecule has 0 bridgehead atoms. The minimum Gasteiger partial charge on any atom is -0.0744 e. The molecular formula is C14H13IS. The Labute approximate surface area is 113 Å². The van der Waals surface area contributed by atoms with Crippen molar-refractivity contribution >= 4 is 35.7 Å². The quantitative estimate of drug-likeness (QED) is 0.680. The van der Waals surface area contributed by atoms with Crippen LogP contribution in [0.25, 0.3) is 5.57 Å². The van der Waals surface area contributed by atoms with Crippen molar-refractivity contribution in [2.24, 2.45) is 0 Å². The van der Waals surface area contributed by atoms with Crippen LogP contribution in [0.3, 0.4) is 0 Å². The van der Waals surface area contributed by atoms with Gasteiger partial charge in [0.15, 0.2) is 0 Å². The lowest BCUT2D eigenvalue weighted by atomic mass is 10.0. The van der Waals surface area contributed by atoms with Crippen molar-refractivity contribution in [1.29, 1.82) is 0 Å². The zero-order valence-electron chi connectivity index (χ0n) is 9.06. The zero-order chi connectivity index (χ0) is 11.4. The molecule has 82 valence electrons. The SMILES string of the molecule is CC1(SI)C=CC=C(c2ccccc2)C=C1. The Morgan fingerprint density at radius 1 is 1.12 bits per heavy atom. The Kier molecular flexibility index (Phi) is 3.92. The van der Waals surface area contributed by atoms with E-state index in [-0.39, 0.29) is 4.75 Å². The van der Waals surface area contributed by atoms with Gasteiger partial charge in [-0.3, -0.25) is 0 Å². The standard InChI is InChI=1S/C14H13IS/c1-14(16-15)10-5-8-13(9-11-14)12-6-3-2-4-7-12/h2-11H,1H3. The summed E-state index contributed by atoms with van der Waals surface area (Å²) >= 11 is 2.35. The summed E-state index contributed by atoms with van der Waals surface area (Å²) in [5, 5.41) is 0. The Morgan fingerprint density at radius 2 is 1.88 bits per heavy atom. The molecule has 0 heterocycles. The summed E-state index contributed by atoms with van der Waals surface area (Å²) in [7, 11) is 1.82. The van der Waals surface area contributed by atoms with Crippen LogP contribution >= 0.6 is 30.1 Å². The average molecular weight is 340 g/mol. The fourth-order valence-corrected chi connectivity index (χ4v) is 2.71. The average Bonchev–Trinajstić information content (AvgIpc) is 2.53. The monoisotopic (exact) mass is 340 g/mol. The van der Waals surface area contributed by atoms with Crippen LogP contribution in [0, 0.1) is 0 Å². The van der Waals surface area contributed by atoms with Crippen molar-refractivity contribution in [3.05, 3.63) is 66.3 Å². The van der Waals surface area contributed by atoms with Gasteiger partial charge in [0.1, 0.15) is 0 Å². The van der Waals surface area contributed by atoms with Crippen LogP contribution in [0.15, 0.2) is 60.7 Å². The van der Waals surface area contributed by atoms with Crippen LogP contribution in [0.5, 0.6) is 0 Å². The highest BCUT2D eigenvalue weighted by atomic mass is 127. The molecule has 2 rings (SSSR count). The highest BCUT2D eigenvalue weighted by Gasteiger charge is 2.17. The van der Waals surface area contributed by atoms with E-state index in [1.165, 1.54) is 11.1 Å². The normalized spacial score (nSPS) is 24.0. The number of benzene rings is 1. The summed E-state index contributed by atoms with van der Waals surface area (Å²) in [4.78, 5) is 0. The molecule has 2 heteroatoms. The second-order valence-electron chi connectivity index (χ2n) is 3.94. The maximum atomic E-state index is 2.35. The van der Waals surface area contributed by atoms with Gasteiger partial charge in [0.2, 0.25) is 0 Å². The molecule has 16 heavy (non-hydrogen) atoms. The van der Waals surface area contributed by atoms with Gasteiger partial charge in [-0.15, -0.1) is 0 Å². The molecule has 1 unspecified atom stereocenters. The largest absolute Gasteiger partial charge is 0.0744 e. The molecule has 0 N–H and O–H groups in total. The molecule has 0 aromatic heterocycles. The molecular weight excluding hydrogens is 327 g/mol. The Hall–Kier alpha value is -0.480. The summed E-state index contributed by atoms with van der Waals surface area (Å²) < 4.78 is 0.105. The molecule has 1 aromatic rings. The molecule has 1 aromatic carbocycles. The third-order valence-corrected chi connectivity index (χ3v) is 6.02. The van der Waals surface area contributed by atoms with Crippen LogP contribution in [-0.2, 0) is 0 Å². The van der Waals surface area contributed by atoms with Gasteiger partial charge in [-0.1, -0.05) is 69.6 Å². The fraction of sp³-hybridized carbons (Fsp3) is 0.143. The number of halogens is 1. The van der Waals surface area contributed by atoms with E-state index in [4.69, 9.17) is 0 Å². The first-order chi connectivity index (χ1) is 7.73. The van der Waals surface area contributed by atoms with Gasteiger partial charge < -0.3 is 0 Å². The first kappa shape index (κ1) is 12.0. The second-order valence-corrected chi connectivity index (χ2v) is 6.30. The second kappa shape index (κ2) is 5.23. The van der Waals surface area contributed by atoms with Gasteiger partial charge in [0, 0.05) is 0 Å². The fourth-order valence-electron chi connectivity index (χ4n) is 1.58. The van der Waals surface area contributed by atoms with Gasteiger partial charge in [0.25, 0.3) is 0 Å². The Balaban J connectivity index is 2.31. The maximum absolute atomic E-state index is 2.35. The molecule has 0 aliphatic heterocycles. The lowest BCUT2D eigenvalue weighted by Gasteiger charge is -2.15. The van der Waals surface area contributed by atoms with E-state index in [9.17, 15) is 0 Å². The third-order valence-electron chi connectivity index (χ3n) is 2.57. The molecule has 0 radical (unpaired) electrons. The van der Waals surface area contributed by atoms with E-state index in [0.717, 1.165) is 0 Å². The molecule has 0 spiro atoms. The molecule has 0 nitrogen and oxygen atoms in total. The Bertz CT molecular complexity index is 445. The van der Waals surface area contributed by atoms with Crippen LogP contribution in [0.2, 0.25) is 0 Å². The van der Waals surface area contributed by atoms with Crippen LogP contribution in [0.4, 0.5) is 0 Å². The van der Waals surface area contributed by atoms with Gasteiger partial charge in [-0.05, 0) is 39.3 Å². The van der Waals surface area contributed by atoms with Gasteiger partial charge in [-0.2, -0.15) is 0 Å². The first-order valence-electron chi connectivity index (χ1n) is 5.17. The molecule has 1 aliphatic carbocycles. The topological polar surface area (TPSA) is 0 Å². The van der Waals surface area contributed by atoms with E-state index in [1.807, 2.05) is 15.0 Å². The lowest BCUT2D eigenvalue weighted by Crippen LogP contribution is -2.08. The van der Waals surface area contributed by atoms with E-state index in [2.05, 4.69) is 82.8 Å². The van der Waals surface area contributed by atoms with E-state index in [0.29, 0.717) is 0 Å².